The number of hydrogen-bond donors (Lipinski definition) is 3. The number of likely N-dealkylation sites (N-methyl/N-ethyl adjacent to an activating group) is 1. The van der Waals surface area contributed by atoms with Crippen LogP contribution >= 0.6 is 0 Å². The van der Waals surface area contributed by atoms with Gasteiger partial charge in [-0.15, -0.1) is 0 Å². The van der Waals surface area contributed by atoms with Gasteiger partial charge in [0.15, 0.2) is 0 Å². The second-order valence-corrected chi connectivity index (χ2v) is 8.11. The molecule has 1 fully saturated rings. The van der Waals surface area contributed by atoms with Gasteiger partial charge < -0.3 is 10.6 Å². The molecule has 0 radical (unpaired) electrons. The van der Waals surface area contributed by atoms with Gasteiger partial charge in [-0.2, -0.15) is 0 Å². The molecule has 2 aliphatic heterocycles. The van der Waals surface area contributed by atoms with E-state index in [1.807, 2.05) is 31.3 Å². The first-order valence-electron chi connectivity index (χ1n) is 10.7. The Hall–Kier alpha value is -3.36. The van der Waals surface area contributed by atoms with Crippen molar-refractivity contribution < 1.29 is 19.2 Å². The van der Waals surface area contributed by atoms with E-state index in [-0.39, 0.29) is 24.8 Å². The molecule has 0 aliphatic carbocycles. The lowest BCUT2D eigenvalue weighted by Gasteiger charge is -2.27. The molecule has 1 saturated heterocycles. The Morgan fingerprint density at radius 1 is 1.03 bits per heavy atom. The zero-order valence-corrected chi connectivity index (χ0v) is 17.9. The van der Waals surface area contributed by atoms with Crippen LogP contribution in [0.2, 0.25) is 0 Å². The van der Waals surface area contributed by atoms with Gasteiger partial charge in [0.1, 0.15) is 6.04 Å². The first-order chi connectivity index (χ1) is 15.5. The van der Waals surface area contributed by atoms with Gasteiger partial charge in [-0.1, -0.05) is 42.5 Å². The fourth-order valence-corrected chi connectivity index (χ4v) is 4.35. The van der Waals surface area contributed by atoms with E-state index in [9.17, 15) is 19.2 Å². The van der Waals surface area contributed by atoms with Gasteiger partial charge in [0.05, 0.1) is 11.1 Å². The number of carbonyl (C=O) groups is 4. The third-order valence-electron chi connectivity index (χ3n) is 5.91. The number of nitrogens with one attached hydrogen (secondary N) is 3. The van der Waals surface area contributed by atoms with Crippen molar-refractivity contribution in [2.45, 2.75) is 37.9 Å². The van der Waals surface area contributed by atoms with Crippen LogP contribution in [0.3, 0.4) is 0 Å². The third-order valence-corrected chi connectivity index (χ3v) is 5.91. The Balaban J connectivity index is 1.52. The molecule has 166 valence electrons. The minimum absolute atomic E-state index is 0.101. The molecular weight excluding hydrogens is 408 g/mol. The van der Waals surface area contributed by atoms with Crippen molar-refractivity contribution in [3.05, 3.63) is 70.8 Å². The van der Waals surface area contributed by atoms with E-state index >= 15 is 0 Å². The fourth-order valence-electron chi connectivity index (χ4n) is 4.35. The van der Waals surface area contributed by atoms with Crippen LogP contribution in [0.15, 0.2) is 48.5 Å². The SMILES string of the molecule is CNCC(Cc1ccccc1)NCc1cccc2c1C(=O)N(C1CCC(=O)NC1=O)C2=O. The lowest BCUT2D eigenvalue weighted by molar-refractivity contribution is -0.136. The minimum Gasteiger partial charge on any atom is -0.318 e. The van der Waals surface area contributed by atoms with Crippen molar-refractivity contribution >= 4 is 23.6 Å². The number of hydrogen-bond acceptors (Lipinski definition) is 6. The van der Waals surface area contributed by atoms with Crippen molar-refractivity contribution in [1.82, 2.24) is 20.9 Å². The molecule has 4 amide bonds. The maximum absolute atomic E-state index is 13.2. The summed E-state index contributed by atoms with van der Waals surface area (Å²) in [5.74, 6) is -1.96. The number of carbonyl (C=O) groups excluding carboxylic acids is 4. The molecule has 2 unspecified atom stereocenters. The summed E-state index contributed by atoms with van der Waals surface area (Å²) in [4.78, 5) is 50.9. The second kappa shape index (κ2) is 9.42. The Kier molecular flexibility index (Phi) is 6.43. The van der Waals surface area contributed by atoms with Crippen molar-refractivity contribution in [2.75, 3.05) is 13.6 Å². The summed E-state index contributed by atoms with van der Waals surface area (Å²) in [6.45, 7) is 1.14. The molecule has 4 rings (SSSR count). The number of fused-ring (bicyclic) bond motifs is 1. The lowest BCUT2D eigenvalue weighted by atomic mass is 10.0. The van der Waals surface area contributed by atoms with E-state index in [1.54, 1.807) is 12.1 Å². The standard InChI is InChI=1S/C24H26N4O4/c1-25-14-17(12-15-6-3-2-4-7-15)26-13-16-8-5-9-18-21(16)24(32)28(23(18)31)19-10-11-20(29)27-22(19)30/h2-9,17,19,25-26H,10-14H2,1H3,(H,27,29,30). The Bertz CT molecular complexity index is 1050. The molecule has 2 aliphatic rings. The minimum atomic E-state index is -0.962. The maximum Gasteiger partial charge on any atom is 0.262 e. The fraction of sp³-hybridized carbons (Fsp3) is 0.333. The number of benzene rings is 2. The number of amides is 4. The van der Waals surface area contributed by atoms with Crippen LogP contribution in [0, 0.1) is 0 Å². The molecule has 2 aromatic rings. The summed E-state index contributed by atoms with van der Waals surface area (Å²) < 4.78 is 0. The average Bonchev–Trinajstić information content (AvgIpc) is 3.04. The highest BCUT2D eigenvalue weighted by molar-refractivity contribution is 6.24. The van der Waals surface area contributed by atoms with E-state index < -0.39 is 23.8 Å². The van der Waals surface area contributed by atoms with E-state index in [0.717, 1.165) is 17.9 Å². The Morgan fingerprint density at radius 3 is 2.53 bits per heavy atom. The molecule has 0 bridgehead atoms. The van der Waals surface area contributed by atoms with E-state index in [0.29, 0.717) is 23.2 Å². The summed E-state index contributed by atoms with van der Waals surface area (Å²) in [6.07, 6.45) is 1.06. The molecule has 0 saturated carbocycles. The monoisotopic (exact) mass is 434 g/mol. The molecule has 2 atom stereocenters. The summed E-state index contributed by atoms with van der Waals surface area (Å²) in [5, 5.41) is 8.90. The highest BCUT2D eigenvalue weighted by Crippen LogP contribution is 2.30. The molecule has 3 N–H and O–H groups in total. The first kappa shape index (κ1) is 21.9. The van der Waals surface area contributed by atoms with Crippen LogP contribution in [0.25, 0.3) is 0 Å². The van der Waals surface area contributed by atoms with E-state index in [2.05, 4.69) is 28.1 Å². The predicted octanol–water partition coefficient (Wildman–Crippen LogP) is 1.01. The smallest absolute Gasteiger partial charge is 0.262 e. The van der Waals surface area contributed by atoms with Crippen molar-refractivity contribution in [2.24, 2.45) is 0 Å². The van der Waals surface area contributed by atoms with Gasteiger partial charge in [-0.25, -0.2) is 0 Å². The highest BCUT2D eigenvalue weighted by Gasteiger charge is 2.45. The quantitative estimate of drug-likeness (QED) is 0.536. The molecule has 8 heteroatoms. The van der Waals surface area contributed by atoms with Crippen molar-refractivity contribution in [3.8, 4) is 0 Å². The number of piperidine rings is 1. The molecule has 0 spiro atoms. The normalized spacial score (nSPS) is 19.2. The van der Waals surface area contributed by atoms with Crippen LogP contribution in [0.4, 0.5) is 0 Å². The zero-order valence-electron chi connectivity index (χ0n) is 17.9. The molecule has 2 heterocycles. The van der Waals surface area contributed by atoms with Gasteiger partial charge in [-0.05, 0) is 37.1 Å². The largest absolute Gasteiger partial charge is 0.318 e. The van der Waals surface area contributed by atoms with Gasteiger partial charge in [0.25, 0.3) is 11.8 Å². The Morgan fingerprint density at radius 2 is 1.81 bits per heavy atom. The summed E-state index contributed by atoms with van der Waals surface area (Å²) in [6, 6.07) is 14.5. The van der Waals surface area contributed by atoms with Crippen LogP contribution in [-0.4, -0.2) is 54.2 Å². The average molecular weight is 434 g/mol. The number of rotatable bonds is 8. The predicted molar refractivity (Wildman–Crippen MR) is 118 cm³/mol. The first-order valence-corrected chi connectivity index (χ1v) is 10.7. The zero-order chi connectivity index (χ0) is 22.7. The van der Waals surface area contributed by atoms with Crippen molar-refractivity contribution in [1.29, 1.82) is 0 Å². The van der Waals surface area contributed by atoms with Crippen LogP contribution in [0.5, 0.6) is 0 Å². The van der Waals surface area contributed by atoms with Crippen molar-refractivity contribution in [3.63, 3.8) is 0 Å². The highest BCUT2D eigenvalue weighted by atomic mass is 16.2. The van der Waals surface area contributed by atoms with E-state index in [1.165, 1.54) is 5.56 Å². The van der Waals surface area contributed by atoms with Crippen LogP contribution in [0.1, 0.15) is 44.7 Å². The number of imide groups is 2. The topological polar surface area (TPSA) is 108 Å². The Labute approximate surface area is 186 Å². The molecular formula is C24H26N4O4. The summed E-state index contributed by atoms with van der Waals surface area (Å²) >= 11 is 0. The van der Waals surface area contributed by atoms with Gasteiger partial charge in [-0.3, -0.25) is 29.4 Å². The molecule has 2 aromatic carbocycles. The van der Waals surface area contributed by atoms with Gasteiger partial charge >= 0.3 is 0 Å². The van der Waals surface area contributed by atoms with E-state index in [4.69, 9.17) is 0 Å². The van der Waals surface area contributed by atoms with Crippen LogP contribution < -0.4 is 16.0 Å². The molecule has 0 aromatic heterocycles. The number of nitrogens with zero attached hydrogens (tertiary/aromatic N) is 1. The van der Waals surface area contributed by atoms with Crippen LogP contribution in [-0.2, 0) is 22.6 Å². The maximum atomic E-state index is 13.2. The second-order valence-electron chi connectivity index (χ2n) is 8.11. The lowest BCUT2D eigenvalue weighted by Crippen LogP contribution is -2.54. The third kappa shape index (κ3) is 4.32. The van der Waals surface area contributed by atoms with Gasteiger partial charge in [0.2, 0.25) is 11.8 Å². The summed E-state index contributed by atoms with van der Waals surface area (Å²) in [7, 11) is 1.89. The molecule has 8 nitrogen and oxygen atoms in total. The molecule has 32 heavy (non-hydrogen) atoms. The van der Waals surface area contributed by atoms with Gasteiger partial charge in [0, 0.05) is 25.6 Å². The summed E-state index contributed by atoms with van der Waals surface area (Å²) in [5.41, 5.74) is 2.54.